The number of fused-ring (bicyclic) bond motifs is 1. The van der Waals surface area contributed by atoms with E-state index in [-0.39, 0.29) is 11.3 Å². The van der Waals surface area contributed by atoms with Crippen molar-refractivity contribution in [1.29, 1.82) is 5.26 Å². The van der Waals surface area contributed by atoms with Gasteiger partial charge in [-0.25, -0.2) is 17.2 Å². The molecular weight excluding hydrogens is 390 g/mol. The Kier molecular flexibility index (Phi) is 4.40. The third kappa shape index (κ3) is 2.83. The number of sulfone groups is 1. The molecule has 0 radical (unpaired) electrons. The summed E-state index contributed by atoms with van der Waals surface area (Å²) in [5.74, 6) is -0.610. The number of nitrogens with zero attached hydrogens (tertiary/aromatic N) is 1. The Morgan fingerprint density at radius 2 is 1.93 bits per heavy atom. The van der Waals surface area contributed by atoms with Crippen molar-refractivity contribution in [3.05, 3.63) is 52.6 Å². The number of aliphatic hydroxyl groups is 1. The summed E-state index contributed by atoms with van der Waals surface area (Å²) in [6, 6.07) is 7.55. The zero-order valence-corrected chi connectivity index (χ0v) is 14.4. The summed E-state index contributed by atoms with van der Waals surface area (Å²) in [7, 11) is -5.31. The molecule has 2 aromatic carbocycles. The van der Waals surface area contributed by atoms with Gasteiger partial charge in [0.25, 0.3) is 6.43 Å². The van der Waals surface area contributed by atoms with Crippen molar-refractivity contribution >= 4 is 9.84 Å². The van der Waals surface area contributed by atoms with Crippen LogP contribution in [-0.2, 0) is 9.84 Å². The van der Waals surface area contributed by atoms with Crippen molar-refractivity contribution < 1.29 is 35.8 Å². The number of hydrogen-bond donors (Lipinski definition) is 1. The summed E-state index contributed by atoms with van der Waals surface area (Å²) in [4.78, 5) is -1.07. The summed E-state index contributed by atoms with van der Waals surface area (Å²) < 4.78 is 84.0. The maximum atomic E-state index is 13.9. The lowest BCUT2D eigenvalue weighted by atomic mass is 10.0. The lowest BCUT2D eigenvalue weighted by Gasteiger charge is -2.17. The zero-order chi connectivity index (χ0) is 20.1. The Bertz CT molecular complexity index is 1080. The van der Waals surface area contributed by atoms with E-state index in [2.05, 4.69) is 0 Å². The van der Waals surface area contributed by atoms with Crippen LogP contribution in [0.5, 0.6) is 11.5 Å². The zero-order valence-electron chi connectivity index (χ0n) is 13.6. The molecule has 1 heterocycles. The fourth-order valence-electron chi connectivity index (χ4n) is 2.89. The van der Waals surface area contributed by atoms with Gasteiger partial charge in [-0.1, -0.05) is 0 Å². The summed E-state index contributed by atoms with van der Waals surface area (Å²) in [5.41, 5.74) is -1.46. The largest absolute Gasteiger partial charge is 0.457 e. The molecule has 2 aromatic rings. The Labute approximate surface area is 151 Å². The van der Waals surface area contributed by atoms with Gasteiger partial charge in [0, 0.05) is 5.56 Å². The Hall–Kier alpha value is -2.64. The maximum absolute atomic E-state index is 13.9. The van der Waals surface area contributed by atoms with E-state index in [9.17, 15) is 31.1 Å². The highest BCUT2D eigenvalue weighted by atomic mass is 32.2. The predicted molar refractivity (Wildman–Crippen MR) is 84.5 cm³/mol. The van der Waals surface area contributed by atoms with Crippen LogP contribution in [0.3, 0.4) is 0 Å². The van der Waals surface area contributed by atoms with E-state index >= 15 is 0 Å². The molecule has 5 nitrogen and oxygen atoms in total. The highest BCUT2D eigenvalue weighted by molar-refractivity contribution is 7.92. The van der Waals surface area contributed by atoms with Gasteiger partial charge in [0.1, 0.15) is 11.5 Å². The normalized spacial score (nSPS) is 19.6. The lowest BCUT2D eigenvalue weighted by Crippen LogP contribution is -2.28. The van der Waals surface area contributed by atoms with Gasteiger partial charge in [-0.2, -0.15) is 14.0 Å². The second-order valence-corrected chi connectivity index (χ2v) is 7.90. The first kappa shape index (κ1) is 19.1. The maximum Gasteiger partial charge on any atom is 0.379 e. The van der Waals surface area contributed by atoms with Crippen LogP contribution >= 0.6 is 0 Å². The van der Waals surface area contributed by atoms with E-state index in [1.807, 2.05) is 6.07 Å². The fraction of sp³-hybridized carbons (Fsp3) is 0.235. The molecule has 0 bridgehead atoms. The molecule has 0 spiro atoms. The monoisotopic (exact) mass is 401 g/mol. The van der Waals surface area contributed by atoms with Gasteiger partial charge < -0.3 is 9.84 Å². The smallest absolute Gasteiger partial charge is 0.379 e. The number of hydrogen-bond acceptors (Lipinski definition) is 5. The molecule has 3 rings (SSSR count). The molecule has 10 heteroatoms. The molecule has 0 saturated heterocycles. The summed E-state index contributed by atoms with van der Waals surface area (Å²) in [5, 5.41) is 14.1. The van der Waals surface area contributed by atoms with E-state index in [1.165, 1.54) is 18.2 Å². The van der Waals surface area contributed by atoms with Crippen LogP contribution < -0.4 is 4.74 Å². The van der Waals surface area contributed by atoms with E-state index in [0.717, 1.165) is 6.07 Å². The van der Waals surface area contributed by atoms with E-state index < -0.39 is 49.4 Å². The van der Waals surface area contributed by atoms with Crippen molar-refractivity contribution in [2.24, 2.45) is 0 Å². The summed E-state index contributed by atoms with van der Waals surface area (Å²) in [6.07, 6.45) is -6.34. The van der Waals surface area contributed by atoms with Gasteiger partial charge in [0.05, 0.1) is 22.1 Å². The third-order valence-electron chi connectivity index (χ3n) is 4.07. The van der Waals surface area contributed by atoms with Crippen LogP contribution in [0.15, 0.2) is 35.2 Å². The molecule has 1 aliphatic heterocycles. The molecule has 0 fully saturated rings. The quantitative estimate of drug-likeness (QED) is 0.786. The fourth-order valence-corrected chi connectivity index (χ4v) is 4.35. The molecule has 0 amide bonds. The number of alkyl halides is 4. The van der Waals surface area contributed by atoms with E-state index in [1.54, 1.807) is 6.92 Å². The first-order valence-electron chi connectivity index (χ1n) is 7.45. The van der Waals surface area contributed by atoms with Crippen molar-refractivity contribution in [2.75, 3.05) is 0 Å². The van der Waals surface area contributed by atoms with Crippen molar-refractivity contribution in [3.63, 3.8) is 0 Å². The molecule has 1 N–H and O–H groups in total. The standard InChI is InChI=1S/C17H11F4NO4S/c1-8-4-9(7-22)6-10(5-8)26-11-2-3-12-14(13(11)16(18)19)15(23)17(20,21)27(12,24)25/h2-6,15-16,23H,1H3/t15-/m1/s1. The first-order valence-corrected chi connectivity index (χ1v) is 8.94. The molecule has 0 unspecified atom stereocenters. The molecule has 0 saturated carbocycles. The molecule has 0 aromatic heterocycles. The number of benzene rings is 2. The van der Waals surface area contributed by atoms with Gasteiger partial charge in [0.15, 0.2) is 6.10 Å². The summed E-state index contributed by atoms with van der Waals surface area (Å²) >= 11 is 0. The van der Waals surface area contributed by atoms with Crippen LogP contribution in [0.2, 0.25) is 0 Å². The van der Waals surface area contributed by atoms with Gasteiger partial charge in [-0.05, 0) is 42.8 Å². The van der Waals surface area contributed by atoms with Crippen LogP contribution in [0, 0.1) is 18.3 Å². The number of nitriles is 1. The highest BCUT2D eigenvalue weighted by Gasteiger charge is 2.61. The molecule has 1 aliphatic rings. The minimum Gasteiger partial charge on any atom is -0.457 e. The van der Waals surface area contributed by atoms with Crippen LogP contribution in [0.1, 0.15) is 34.8 Å². The van der Waals surface area contributed by atoms with Gasteiger partial charge in [-0.3, -0.25) is 0 Å². The minimum atomic E-state index is -5.31. The Balaban J connectivity index is 2.20. The first-order chi connectivity index (χ1) is 12.5. The SMILES string of the molecule is Cc1cc(C#N)cc(Oc2ccc3c(c2C(F)F)[C@@H](O)C(F)(F)S3(=O)=O)c1. The Morgan fingerprint density at radius 1 is 1.26 bits per heavy atom. The van der Waals surface area contributed by atoms with Gasteiger partial charge in [-0.15, -0.1) is 0 Å². The minimum absolute atomic E-state index is 0.0181. The molecule has 27 heavy (non-hydrogen) atoms. The Morgan fingerprint density at radius 3 is 2.52 bits per heavy atom. The average molecular weight is 401 g/mol. The number of rotatable bonds is 3. The number of aryl methyl sites for hydroxylation is 1. The van der Waals surface area contributed by atoms with E-state index in [4.69, 9.17) is 10.00 Å². The average Bonchev–Trinajstić information content (AvgIpc) is 2.71. The molecule has 0 aliphatic carbocycles. The predicted octanol–water partition coefficient (Wildman–Crippen LogP) is 4.01. The van der Waals surface area contributed by atoms with Crippen LogP contribution in [-0.4, -0.2) is 18.8 Å². The highest BCUT2D eigenvalue weighted by Crippen LogP contribution is 2.53. The molecule has 1 atom stereocenters. The summed E-state index contributed by atoms with van der Waals surface area (Å²) in [6.45, 7) is 1.63. The van der Waals surface area contributed by atoms with E-state index in [0.29, 0.717) is 11.6 Å². The molecular formula is C17H11F4NO4S. The van der Waals surface area contributed by atoms with Crippen LogP contribution in [0.25, 0.3) is 0 Å². The second-order valence-electron chi connectivity index (χ2n) is 5.91. The van der Waals surface area contributed by atoms with Gasteiger partial charge >= 0.3 is 5.25 Å². The van der Waals surface area contributed by atoms with Crippen molar-refractivity contribution in [1.82, 2.24) is 0 Å². The number of aliphatic hydroxyl groups excluding tert-OH is 1. The van der Waals surface area contributed by atoms with Crippen molar-refractivity contribution in [3.8, 4) is 17.6 Å². The van der Waals surface area contributed by atoms with Crippen molar-refractivity contribution in [2.45, 2.75) is 29.6 Å². The molecule has 142 valence electrons. The lowest BCUT2D eigenvalue weighted by molar-refractivity contribution is -0.0391. The number of halogens is 4. The van der Waals surface area contributed by atoms with Gasteiger partial charge in [0.2, 0.25) is 9.84 Å². The topological polar surface area (TPSA) is 87.4 Å². The number of ether oxygens (including phenoxy) is 1. The second kappa shape index (κ2) is 6.21. The third-order valence-corrected chi connectivity index (χ3v) is 5.95. The van der Waals surface area contributed by atoms with Crippen LogP contribution in [0.4, 0.5) is 17.6 Å².